The van der Waals surface area contributed by atoms with Crippen molar-refractivity contribution < 1.29 is 18.3 Å². The van der Waals surface area contributed by atoms with Crippen LogP contribution < -0.4 is 4.72 Å². The van der Waals surface area contributed by atoms with Crippen LogP contribution in [0.25, 0.3) is 0 Å². The van der Waals surface area contributed by atoms with Crippen molar-refractivity contribution in [3.63, 3.8) is 0 Å². The largest absolute Gasteiger partial charge is 0.480 e. The molecular weight excluding hydrogens is 298 g/mol. The Balaban J connectivity index is 1.86. The third kappa shape index (κ3) is 4.39. The highest BCUT2D eigenvalue weighted by molar-refractivity contribution is 7.89. The summed E-state index contributed by atoms with van der Waals surface area (Å²) in [7, 11) is -3.67. The van der Waals surface area contributed by atoms with Crippen molar-refractivity contribution in [3.05, 3.63) is 30.9 Å². The first-order valence-corrected chi connectivity index (χ1v) is 7.67. The van der Waals surface area contributed by atoms with Crippen LogP contribution in [-0.4, -0.2) is 45.6 Å². The van der Waals surface area contributed by atoms with Crippen LogP contribution in [0.5, 0.6) is 0 Å². The van der Waals surface area contributed by atoms with Crippen molar-refractivity contribution >= 4 is 16.0 Å². The molecule has 0 saturated carbocycles. The van der Waals surface area contributed by atoms with E-state index in [1.165, 1.54) is 6.20 Å². The van der Waals surface area contributed by atoms with Crippen LogP contribution in [-0.2, 0) is 27.9 Å². The number of nitrogens with one attached hydrogen (secondary N) is 1. The van der Waals surface area contributed by atoms with Crippen molar-refractivity contribution in [1.29, 1.82) is 0 Å². The third-order valence-corrected chi connectivity index (χ3v) is 4.05. The molecule has 2 aromatic heterocycles. The molecule has 21 heavy (non-hydrogen) atoms. The molecule has 0 aliphatic carbocycles. The van der Waals surface area contributed by atoms with Crippen molar-refractivity contribution in [1.82, 2.24) is 24.3 Å². The molecule has 2 heterocycles. The van der Waals surface area contributed by atoms with E-state index in [0.717, 1.165) is 10.9 Å². The summed E-state index contributed by atoms with van der Waals surface area (Å²) in [5.41, 5.74) is 0. The molecule has 0 bridgehead atoms. The monoisotopic (exact) mass is 313 g/mol. The van der Waals surface area contributed by atoms with Gasteiger partial charge in [0.1, 0.15) is 11.4 Å². The summed E-state index contributed by atoms with van der Waals surface area (Å²) in [4.78, 5) is 10.5. The SMILES string of the molecule is O=C(O)Cn1cc(S(=O)(=O)NCCCn2cccn2)cn1. The summed E-state index contributed by atoms with van der Waals surface area (Å²) in [6.07, 6.45) is 6.35. The van der Waals surface area contributed by atoms with Gasteiger partial charge >= 0.3 is 5.97 Å². The molecule has 2 N–H and O–H groups in total. The Morgan fingerprint density at radius 3 is 2.81 bits per heavy atom. The molecule has 0 amide bonds. The first-order chi connectivity index (χ1) is 9.97. The zero-order valence-electron chi connectivity index (χ0n) is 11.1. The number of hydrogen-bond acceptors (Lipinski definition) is 5. The van der Waals surface area contributed by atoms with Crippen LogP contribution >= 0.6 is 0 Å². The molecule has 0 saturated heterocycles. The Kier molecular flexibility index (Phi) is 4.70. The van der Waals surface area contributed by atoms with E-state index in [1.54, 1.807) is 23.1 Å². The third-order valence-electron chi connectivity index (χ3n) is 2.63. The molecule has 0 fully saturated rings. The van der Waals surface area contributed by atoms with Gasteiger partial charge in [0.2, 0.25) is 10.0 Å². The average Bonchev–Trinajstić information content (AvgIpc) is 3.05. The second-order valence-electron chi connectivity index (χ2n) is 4.29. The lowest BCUT2D eigenvalue weighted by molar-refractivity contribution is -0.137. The van der Waals surface area contributed by atoms with Crippen LogP contribution in [0.3, 0.4) is 0 Å². The summed E-state index contributed by atoms with van der Waals surface area (Å²) >= 11 is 0. The van der Waals surface area contributed by atoms with Crippen molar-refractivity contribution in [2.45, 2.75) is 24.4 Å². The first-order valence-electron chi connectivity index (χ1n) is 6.19. The van der Waals surface area contributed by atoms with Gasteiger partial charge in [0.05, 0.1) is 6.20 Å². The number of aryl methyl sites for hydroxylation is 1. The predicted octanol–water partition coefficient (Wildman–Crippen LogP) is -0.467. The van der Waals surface area contributed by atoms with Crippen LogP contribution in [0.1, 0.15) is 6.42 Å². The molecule has 0 unspecified atom stereocenters. The number of aromatic nitrogens is 4. The smallest absolute Gasteiger partial charge is 0.325 e. The lowest BCUT2D eigenvalue weighted by atomic mass is 10.4. The number of carbonyl (C=O) groups is 1. The minimum absolute atomic E-state index is 0.0529. The Morgan fingerprint density at radius 1 is 1.33 bits per heavy atom. The van der Waals surface area contributed by atoms with E-state index in [0.29, 0.717) is 13.0 Å². The Bertz CT molecular complexity index is 692. The number of carboxylic acids is 1. The molecular formula is C11H15N5O4S. The van der Waals surface area contributed by atoms with Crippen LogP contribution in [0.2, 0.25) is 0 Å². The second kappa shape index (κ2) is 6.50. The minimum Gasteiger partial charge on any atom is -0.480 e. The highest BCUT2D eigenvalue weighted by Crippen LogP contribution is 2.06. The van der Waals surface area contributed by atoms with Crippen LogP contribution in [0.15, 0.2) is 35.7 Å². The van der Waals surface area contributed by atoms with Gasteiger partial charge in [0.25, 0.3) is 0 Å². The van der Waals surface area contributed by atoms with Gasteiger partial charge < -0.3 is 5.11 Å². The fourth-order valence-corrected chi connectivity index (χ4v) is 2.70. The molecule has 0 radical (unpaired) electrons. The maximum absolute atomic E-state index is 12.0. The number of nitrogens with zero attached hydrogens (tertiary/aromatic N) is 4. The van der Waals surface area contributed by atoms with Gasteiger partial charge in [0.15, 0.2) is 0 Å². The fourth-order valence-electron chi connectivity index (χ4n) is 1.67. The van der Waals surface area contributed by atoms with Crippen molar-refractivity contribution in [2.24, 2.45) is 0 Å². The number of sulfonamides is 1. The van der Waals surface area contributed by atoms with Gasteiger partial charge in [0, 0.05) is 31.7 Å². The summed E-state index contributed by atoms with van der Waals surface area (Å²) in [5, 5.41) is 16.3. The summed E-state index contributed by atoms with van der Waals surface area (Å²) in [6, 6.07) is 1.79. The summed E-state index contributed by atoms with van der Waals surface area (Å²) < 4.78 is 29.1. The molecule has 2 aromatic rings. The lowest BCUT2D eigenvalue weighted by Gasteiger charge is -2.04. The average molecular weight is 313 g/mol. The zero-order valence-corrected chi connectivity index (χ0v) is 11.9. The Morgan fingerprint density at radius 2 is 2.14 bits per heavy atom. The molecule has 0 aliphatic heterocycles. The Labute approximate surface area is 121 Å². The topological polar surface area (TPSA) is 119 Å². The molecule has 0 aromatic carbocycles. The van der Waals surface area contributed by atoms with E-state index in [9.17, 15) is 13.2 Å². The zero-order chi connectivity index (χ0) is 15.3. The number of aliphatic carboxylic acids is 1. The maximum Gasteiger partial charge on any atom is 0.325 e. The van der Waals surface area contributed by atoms with Gasteiger partial charge in [-0.05, 0) is 12.5 Å². The minimum atomic E-state index is -3.67. The molecule has 0 aliphatic rings. The van der Waals surface area contributed by atoms with Gasteiger partial charge in [-0.25, -0.2) is 13.1 Å². The summed E-state index contributed by atoms with van der Waals surface area (Å²) in [5.74, 6) is -1.09. The molecule has 9 nitrogen and oxygen atoms in total. The summed E-state index contributed by atoms with van der Waals surface area (Å²) in [6.45, 7) is 0.481. The molecule has 0 atom stereocenters. The molecule has 114 valence electrons. The highest BCUT2D eigenvalue weighted by atomic mass is 32.2. The van der Waals surface area contributed by atoms with Crippen LogP contribution in [0.4, 0.5) is 0 Å². The van der Waals surface area contributed by atoms with E-state index in [4.69, 9.17) is 5.11 Å². The van der Waals surface area contributed by atoms with E-state index in [2.05, 4.69) is 14.9 Å². The van der Waals surface area contributed by atoms with Gasteiger partial charge in [-0.3, -0.25) is 14.2 Å². The van der Waals surface area contributed by atoms with Gasteiger partial charge in [-0.1, -0.05) is 0 Å². The van der Waals surface area contributed by atoms with E-state index in [-0.39, 0.29) is 18.0 Å². The highest BCUT2D eigenvalue weighted by Gasteiger charge is 2.16. The molecule has 0 spiro atoms. The lowest BCUT2D eigenvalue weighted by Crippen LogP contribution is -2.25. The van der Waals surface area contributed by atoms with Crippen LogP contribution in [0, 0.1) is 0 Å². The van der Waals surface area contributed by atoms with Crippen molar-refractivity contribution in [2.75, 3.05) is 6.54 Å². The maximum atomic E-state index is 12.0. The van der Waals surface area contributed by atoms with Gasteiger partial charge in [-0.2, -0.15) is 10.2 Å². The van der Waals surface area contributed by atoms with Crippen molar-refractivity contribution in [3.8, 4) is 0 Å². The number of carboxylic acid groups (broad SMARTS) is 1. The van der Waals surface area contributed by atoms with Gasteiger partial charge in [-0.15, -0.1) is 0 Å². The predicted molar refractivity (Wildman–Crippen MR) is 71.9 cm³/mol. The molecule has 2 rings (SSSR count). The number of rotatable bonds is 8. The second-order valence-corrected chi connectivity index (χ2v) is 6.05. The fraction of sp³-hybridized carbons (Fsp3) is 0.364. The first kappa shape index (κ1) is 15.2. The Hall–Kier alpha value is -2.20. The molecule has 10 heteroatoms. The van der Waals surface area contributed by atoms with E-state index >= 15 is 0 Å². The quantitative estimate of drug-likeness (QED) is 0.636. The normalized spacial score (nSPS) is 11.6. The van der Waals surface area contributed by atoms with E-state index in [1.807, 2.05) is 0 Å². The standard InChI is InChI=1S/C11H15N5O4S/c17-11(18)9-16-8-10(7-13-16)21(19,20)14-4-2-6-15-5-1-3-12-15/h1,3,5,7-8,14H,2,4,6,9H2,(H,17,18). The number of hydrogen-bond donors (Lipinski definition) is 2. The van der Waals surface area contributed by atoms with E-state index < -0.39 is 16.0 Å².